The fraction of sp³-hybridized carbons (Fsp3) is 0.357. The molecular formula is C28H34ClN3. The summed E-state index contributed by atoms with van der Waals surface area (Å²) in [6.07, 6.45) is 9.19. The van der Waals surface area contributed by atoms with Crippen LogP contribution in [0.2, 0.25) is 0 Å². The number of rotatable bonds is 10. The average molecular weight is 448 g/mol. The van der Waals surface area contributed by atoms with Crippen LogP contribution in [0.4, 0.5) is 0 Å². The van der Waals surface area contributed by atoms with Crippen molar-refractivity contribution in [1.82, 2.24) is 4.57 Å². The first-order valence-corrected chi connectivity index (χ1v) is 11.7. The summed E-state index contributed by atoms with van der Waals surface area (Å²) >= 11 is 6.54. The third kappa shape index (κ3) is 5.77. The summed E-state index contributed by atoms with van der Waals surface area (Å²) in [6, 6.07) is 8.53. The molecule has 2 aromatic rings. The lowest BCUT2D eigenvalue weighted by atomic mass is 10.0. The standard InChI is InChI=1S/C28H34ClN3/c1-7-22(17-25(29)21(6)16-20(4)5)26-18-30-28(31-26)24-11-8-12-27-23(24)13-15-32(27)14-9-10-19(2)3/h7-8,11-13,15,17,20H,2,6,9-10,14,16,18H2,1,3-5H3/b22-7+,25-17+. The molecule has 0 unspecified atom stereocenters. The first-order valence-electron chi connectivity index (χ1n) is 11.4. The molecule has 0 saturated heterocycles. The maximum Gasteiger partial charge on any atom is 0.156 e. The van der Waals surface area contributed by atoms with Crippen molar-refractivity contribution in [2.75, 3.05) is 6.54 Å². The van der Waals surface area contributed by atoms with Crippen LogP contribution in [0, 0.1) is 5.92 Å². The molecule has 1 aliphatic heterocycles. The summed E-state index contributed by atoms with van der Waals surface area (Å²) in [5.41, 5.74) is 6.42. The van der Waals surface area contributed by atoms with Crippen LogP contribution >= 0.6 is 11.6 Å². The van der Waals surface area contributed by atoms with Crippen LogP contribution in [-0.2, 0) is 6.54 Å². The number of benzene rings is 1. The van der Waals surface area contributed by atoms with Gasteiger partial charge < -0.3 is 4.57 Å². The largest absolute Gasteiger partial charge is 0.347 e. The van der Waals surface area contributed by atoms with Crippen molar-refractivity contribution in [3.05, 3.63) is 83.1 Å². The van der Waals surface area contributed by atoms with Gasteiger partial charge in [0, 0.05) is 34.2 Å². The summed E-state index contributed by atoms with van der Waals surface area (Å²) in [5.74, 6) is 1.31. The maximum absolute atomic E-state index is 6.54. The van der Waals surface area contributed by atoms with Crippen LogP contribution in [0.1, 0.15) is 52.5 Å². The van der Waals surface area contributed by atoms with Crippen LogP contribution in [0.15, 0.2) is 87.5 Å². The Balaban J connectivity index is 1.83. The van der Waals surface area contributed by atoms with E-state index in [1.165, 1.54) is 16.5 Å². The van der Waals surface area contributed by atoms with E-state index in [0.29, 0.717) is 17.5 Å². The van der Waals surface area contributed by atoms with Crippen LogP contribution < -0.4 is 0 Å². The predicted octanol–water partition coefficient (Wildman–Crippen LogP) is 7.87. The van der Waals surface area contributed by atoms with E-state index in [4.69, 9.17) is 21.6 Å². The van der Waals surface area contributed by atoms with Crippen LogP contribution in [-0.4, -0.2) is 22.7 Å². The van der Waals surface area contributed by atoms with E-state index in [1.807, 2.05) is 19.1 Å². The fourth-order valence-corrected chi connectivity index (χ4v) is 4.17. The average Bonchev–Trinajstić information content (AvgIpc) is 3.38. The molecule has 1 aromatic heterocycles. The second kappa shape index (κ2) is 10.8. The molecule has 0 bridgehead atoms. The molecule has 0 amide bonds. The lowest BCUT2D eigenvalue weighted by Gasteiger charge is -2.08. The van der Waals surface area contributed by atoms with Gasteiger partial charge in [-0.25, -0.2) is 4.99 Å². The van der Waals surface area contributed by atoms with Gasteiger partial charge in [-0.1, -0.05) is 55.8 Å². The van der Waals surface area contributed by atoms with Crippen molar-refractivity contribution in [1.29, 1.82) is 0 Å². The van der Waals surface area contributed by atoms with Gasteiger partial charge in [0.2, 0.25) is 0 Å². The zero-order valence-corrected chi connectivity index (χ0v) is 20.5. The number of fused-ring (bicyclic) bond motifs is 1. The van der Waals surface area contributed by atoms with E-state index in [-0.39, 0.29) is 0 Å². The Morgan fingerprint density at radius 2 is 2.03 bits per heavy atom. The highest BCUT2D eigenvalue weighted by atomic mass is 35.5. The smallest absolute Gasteiger partial charge is 0.156 e. The number of aliphatic imine (C=N–C) groups is 2. The summed E-state index contributed by atoms with van der Waals surface area (Å²) in [4.78, 5) is 9.65. The summed E-state index contributed by atoms with van der Waals surface area (Å²) < 4.78 is 2.31. The molecule has 1 aliphatic rings. The molecule has 0 aliphatic carbocycles. The minimum absolute atomic E-state index is 0.519. The van der Waals surface area contributed by atoms with Gasteiger partial charge in [0.05, 0.1) is 12.3 Å². The highest BCUT2D eigenvalue weighted by Gasteiger charge is 2.18. The van der Waals surface area contributed by atoms with Gasteiger partial charge in [-0.15, -0.1) is 6.58 Å². The number of hydrogen-bond acceptors (Lipinski definition) is 2. The van der Waals surface area contributed by atoms with Crippen molar-refractivity contribution in [3.63, 3.8) is 0 Å². The molecule has 4 heteroatoms. The van der Waals surface area contributed by atoms with E-state index in [0.717, 1.165) is 54.1 Å². The van der Waals surface area contributed by atoms with Gasteiger partial charge in [-0.05, 0) is 68.4 Å². The van der Waals surface area contributed by atoms with Gasteiger partial charge in [-0.2, -0.15) is 0 Å². The Labute approximate surface area is 197 Å². The molecule has 2 heterocycles. The molecule has 0 fully saturated rings. The van der Waals surface area contributed by atoms with Crippen molar-refractivity contribution in [2.24, 2.45) is 15.9 Å². The minimum atomic E-state index is 0.519. The number of aromatic nitrogens is 1. The van der Waals surface area contributed by atoms with Gasteiger partial charge in [0.15, 0.2) is 5.84 Å². The van der Waals surface area contributed by atoms with Crippen LogP contribution in [0.25, 0.3) is 10.9 Å². The van der Waals surface area contributed by atoms with Gasteiger partial charge in [0.25, 0.3) is 0 Å². The summed E-state index contributed by atoms with van der Waals surface area (Å²) in [7, 11) is 0. The summed E-state index contributed by atoms with van der Waals surface area (Å²) in [6.45, 7) is 18.1. The molecular weight excluding hydrogens is 414 g/mol. The first kappa shape index (κ1) is 24.0. The van der Waals surface area contributed by atoms with Crippen molar-refractivity contribution in [3.8, 4) is 0 Å². The lowest BCUT2D eigenvalue weighted by Crippen LogP contribution is -2.03. The Hall–Kier alpha value is -2.65. The van der Waals surface area contributed by atoms with Crippen LogP contribution in [0.3, 0.4) is 0 Å². The molecule has 0 radical (unpaired) electrons. The number of aryl methyl sites for hydroxylation is 1. The third-order valence-electron chi connectivity index (χ3n) is 5.60. The molecule has 0 spiro atoms. The van der Waals surface area contributed by atoms with Gasteiger partial charge >= 0.3 is 0 Å². The van der Waals surface area contributed by atoms with Crippen molar-refractivity contribution >= 4 is 34.1 Å². The molecule has 0 N–H and O–H groups in total. The summed E-state index contributed by atoms with van der Waals surface area (Å²) in [5, 5.41) is 1.88. The van der Waals surface area contributed by atoms with E-state index in [2.05, 4.69) is 69.0 Å². The molecule has 0 saturated carbocycles. The molecule has 1 aromatic carbocycles. The number of allylic oxidation sites excluding steroid dienone is 5. The second-order valence-electron chi connectivity index (χ2n) is 8.94. The number of halogens is 1. The van der Waals surface area contributed by atoms with Gasteiger partial charge in [-0.3, -0.25) is 4.99 Å². The van der Waals surface area contributed by atoms with E-state index >= 15 is 0 Å². The Bertz CT molecular complexity index is 1140. The van der Waals surface area contributed by atoms with Crippen molar-refractivity contribution < 1.29 is 0 Å². The zero-order chi connectivity index (χ0) is 23.3. The normalized spacial score (nSPS) is 14.8. The first-order chi connectivity index (χ1) is 15.3. The van der Waals surface area contributed by atoms with Crippen molar-refractivity contribution in [2.45, 2.75) is 53.5 Å². The van der Waals surface area contributed by atoms with Gasteiger partial charge in [0.1, 0.15) is 0 Å². The quantitative estimate of drug-likeness (QED) is 0.262. The number of nitrogens with zero attached hydrogens (tertiary/aromatic N) is 3. The number of hydrogen-bond donors (Lipinski definition) is 0. The zero-order valence-electron chi connectivity index (χ0n) is 19.8. The van der Waals surface area contributed by atoms with Crippen LogP contribution in [0.5, 0.6) is 0 Å². The third-order valence-corrected chi connectivity index (χ3v) is 5.97. The highest BCUT2D eigenvalue weighted by Crippen LogP contribution is 2.26. The minimum Gasteiger partial charge on any atom is -0.347 e. The molecule has 3 nitrogen and oxygen atoms in total. The number of amidine groups is 1. The predicted molar refractivity (Wildman–Crippen MR) is 141 cm³/mol. The van der Waals surface area contributed by atoms with E-state index in [1.54, 1.807) is 0 Å². The Morgan fingerprint density at radius 1 is 1.25 bits per heavy atom. The Kier molecular flexibility index (Phi) is 8.09. The fourth-order valence-electron chi connectivity index (χ4n) is 3.98. The van der Waals surface area contributed by atoms with E-state index in [9.17, 15) is 0 Å². The maximum atomic E-state index is 6.54. The lowest BCUT2D eigenvalue weighted by molar-refractivity contribution is 0.650. The monoisotopic (exact) mass is 447 g/mol. The van der Waals surface area contributed by atoms with E-state index < -0.39 is 0 Å². The topological polar surface area (TPSA) is 29.6 Å². The SMILES string of the molecule is C=C(C)CCCn1ccc2c(C3=NCC(C(/C=C(/Cl)C(=C)CC(C)C)=C/C)=N3)cccc21. The molecule has 32 heavy (non-hydrogen) atoms. The molecule has 3 rings (SSSR count). The second-order valence-corrected chi connectivity index (χ2v) is 9.35. The molecule has 168 valence electrons. The highest BCUT2D eigenvalue weighted by molar-refractivity contribution is 6.32. The Morgan fingerprint density at radius 3 is 2.72 bits per heavy atom. The molecule has 0 atom stereocenters.